The molecule has 2 aromatic carbocycles. The van der Waals surface area contributed by atoms with Gasteiger partial charge < -0.3 is 19.7 Å². The zero-order valence-corrected chi connectivity index (χ0v) is 21.8. The minimum atomic E-state index is -0.293. The second-order valence-electron chi connectivity index (χ2n) is 10.6. The van der Waals surface area contributed by atoms with E-state index >= 15 is 0 Å². The highest BCUT2D eigenvalue weighted by atomic mass is 16.7. The molecule has 0 aliphatic carbocycles. The molecule has 8 heteroatoms. The Kier molecular flexibility index (Phi) is 7.06. The van der Waals surface area contributed by atoms with Crippen LogP contribution in [0.4, 0.5) is 5.82 Å². The molecule has 190 valence electrons. The SMILES string of the molecule is Cc1cccc(-n2nc(C(C)(C)C)cc2NC(=O)CN(CC(C)C)C(=O)c2ccc3c(c2)OCO3)c1. The molecule has 2 amide bonds. The Morgan fingerprint density at radius 2 is 1.83 bits per heavy atom. The van der Waals surface area contributed by atoms with Crippen LogP contribution in [-0.4, -0.2) is 46.4 Å². The number of ether oxygens (including phenoxy) is 2. The lowest BCUT2D eigenvalue weighted by molar-refractivity contribution is -0.117. The van der Waals surface area contributed by atoms with Crippen molar-refractivity contribution in [2.24, 2.45) is 5.92 Å². The Morgan fingerprint density at radius 1 is 1.08 bits per heavy atom. The molecular weight excluding hydrogens is 456 g/mol. The van der Waals surface area contributed by atoms with Gasteiger partial charge in [-0.25, -0.2) is 4.68 Å². The fraction of sp³-hybridized carbons (Fsp3) is 0.393. The molecule has 1 aromatic heterocycles. The summed E-state index contributed by atoms with van der Waals surface area (Å²) in [4.78, 5) is 28.2. The van der Waals surface area contributed by atoms with Crippen molar-refractivity contribution < 1.29 is 19.1 Å². The Labute approximate surface area is 212 Å². The summed E-state index contributed by atoms with van der Waals surface area (Å²) in [5.41, 5.74) is 3.06. The quantitative estimate of drug-likeness (QED) is 0.507. The van der Waals surface area contributed by atoms with Gasteiger partial charge in [0.2, 0.25) is 12.7 Å². The molecule has 1 N–H and O–H groups in total. The minimum absolute atomic E-state index is 0.0880. The highest BCUT2D eigenvalue weighted by molar-refractivity contribution is 5.99. The third-order valence-corrected chi connectivity index (χ3v) is 5.82. The smallest absolute Gasteiger partial charge is 0.254 e. The van der Waals surface area contributed by atoms with E-state index in [1.807, 2.05) is 51.1 Å². The van der Waals surface area contributed by atoms with Crippen LogP contribution in [-0.2, 0) is 10.2 Å². The molecular formula is C28H34N4O4. The predicted molar refractivity (Wildman–Crippen MR) is 139 cm³/mol. The molecule has 3 aromatic rings. The van der Waals surface area contributed by atoms with Crippen molar-refractivity contribution >= 4 is 17.6 Å². The van der Waals surface area contributed by atoms with Crippen molar-refractivity contribution in [1.82, 2.24) is 14.7 Å². The second kappa shape index (κ2) is 10.0. The van der Waals surface area contributed by atoms with Crippen LogP contribution in [0.25, 0.3) is 5.69 Å². The van der Waals surface area contributed by atoms with Crippen LogP contribution >= 0.6 is 0 Å². The molecule has 1 aliphatic rings. The van der Waals surface area contributed by atoms with Crippen LogP contribution in [0.1, 0.15) is 56.2 Å². The van der Waals surface area contributed by atoms with E-state index in [1.165, 1.54) is 0 Å². The third kappa shape index (κ3) is 5.70. The first-order chi connectivity index (χ1) is 17.0. The number of aryl methyl sites for hydroxylation is 1. The monoisotopic (exact) mass is 490 g/mol. The first-order valence-corrected chi connectivity index (χ1v) is 12.2. The van der Waals surface area contributed by atoms with Gasteiger partial charge in [-0.05, 0) is 48.7 Å². The molecule has 0 bridgehead atoms. The first-order valence-electron chi connectivity index (χ1n) is 12.2. The van der Waals surface area contributed by atoms with Crippen LogP contribution in [0.3, 0.4) is 0 Å². The number of anilines is 1. The van der Waals surface area contributed by atoms with E-state index in [0.29, 0.717) is 29.4 Å². The van der Waals surface area contributed by atoms with E-state index in [2.05, 4.69) is 26.1 Å². The zero-order valence-electron chi connectivity index (χ0n) is 21.8. The number of hydrogen-bond donors (Lipinski definition) is 1. The highest BCUT2D eigenvalue weighted by Crippen LogP contribution is 2.33. The topological polar surface area (TPSA) is 85.7 Å². The van der Waals surface area contributed by atoms with Gasteiger partial charge >= 0.3 is 0 Å². The van der Waals surface area contributed by atoms with Gasteiger partial charge in [0.1, 0.15) is 12.4 Å². The molecule has 0 saturated heterocycles. The van der Waals surface area contributed by atoms with Gasteiger partial charge in [0.05, 0.1) is 11.4 Å². The molecule has 0 spiro atoms. The zero-order chi connectivity index (χ0) is 26.0. The Hall–Kier alpha value is -3.81. The van der Waals surface area contributed by atoms with Gasteiger partial charge in [0, 0.05) is 23.6 Å². The Bertz CT molecular complexity index is 1270. The summed E-state index contributed by atoms with van der Waals surface area (Å²) in [6.45, 7) is 12.8. The standard InChI is InChI=1S/C28H34N4O4/c1-18(2)15-31(27(34)20-10-11-22-23(13-20)36-17-35-22)16-26(33)29-25-14-24(28(4,5)6)30-32(25)21-9-7-8-19(3)12-21/h7-14,18H,15-17H2,1-6H3,(H,29,33). The number of amides is 2. The maximum atomic E-state index is 13.4. The number of benzene rings is 2. The van der Waals surface area contributed by atoms with Gasteiger partial charge in [-0.1, -0.05) is 46.8 Å². The summed E-state index contributed by atoms with van der Waals surface area (Å²) in [6.07, 6.45) is 0. The average molecular weight is 491 g/mol. The second-order valence-corrected chi connectivity index (χ2v) is 10.6. The van der Waals surface area contributed by atoms with E-state index < -0.39 is 0 Å². The van der Waals surface area contributed by atoms with Crippen LogP contribution in [0.5, 0.6) is 11.5 Å². The number of aromatic nitrogens is 2. The summed E-state index contributed by atoms with van der Waals surface area (Å²) in [5, 5.41) is 7.78. The van der Waals surface area contributed by atoms with Gasteiger partial charge in [0.25, 0.3) is 5.91 Å². The maximum Gasteiger partial charge on any atom is 0.254 e. The van der Waals surface area contributed by atoms with E-state index in [1.54, 1.807) is 27.8 Å². The maximum absolute atomic E-state index is 13.4. The van der Waals surface area contributed by atoms with Gasteiger partial charge in [-0.15, -0.1) is 0 Å². The molecule has 0 fully saturated rings. The number of nitrogens with zero attached hydrogens (tertiary/aromatic N) is 3. The van der Waals surface area contributed by atoms with Crippen molar-refractivity contribution in [3.8, 4) is 17.2 Å². The van der Waals surface area contributed by atoms with Crippen LogP contribution in [0.15, 0.2) is 48.5 Å². The largest absolute Gasteiger partial charge is 0.454 e. The fourth-order valence-electron chi connectivity index (χ4n) is 4.02. The molecule has 0 saturated carbocycles. The van der Waals surface area contributed by atoms with Crippen molar-refractivity contribution in [2.45, 2.75) is 47.0 Å². The fourth-order valence-corrected chi connectivity index (χ4v) is 4.02. The molecule has 0 radical (unpaired) electrons. The van der Waals surface area contributed by atoms with E-state index in [-0.39, 0.29) is 36.5 Å². The molecule has 0 unspecified atom stereocenters. The molecule has 1 aliphatic heterocycles. The normalized spacial score (nSPS) is 12.6. The van der Waals surface area contributed by atoms with E-state index in [0.717, 1.165) is 16.9 Å². The van der Waals surface area contributed by atoms with Crippen molar-refractivity contribution in [2.75, 3.05) is 25.2 Å². The summed E-state index contributed by atoms with van der Waals surface area (Å²) in [7, 11) is 0. The van der Waals surface area contributed by atoms with Crippen LogP contribution < -0.4 is 14.8 Å². The summed E-state index contributed by atoms with van der Waals surface area (Å²) in [6, 6.07) is 14.9. The number of fused-ring (bicyclic) bond motifs is 1. The minimum Gasteiger partial charge on any atom is -0.454 e. The Morgan fingerprint density at radius 3 is 2.53 bits per heavy atom. The average Bonchev–Trinajstić information content (AvgIpc) is 3.44. The summed E-state index contributed by atoms with van der Waals surface area (Å²) >= 11 is 0. The highest BCUT2D eigenvalue weighted by Gasteiger charge is 2.25. The number of carbonyl (C=O) groups excluding carboxylic acids is 2. The van der Waals surface area contributed by atoms with Crippen molar-refractivity contribution in [3.63, 3.8) is 0 Å². The van der Waals surface area contributed by atoms with Gasteiger partial charge in [-0.2, -0.15) is 5.10 Å². The molecule has 4 rings (SSSR count). The lowest BCUT2D eigenvalue weighted by Crippen LogP contribution is -2.40. The number of nitrogens with one attached hydrogen (secondary N) is 1. The van der Waals surface area contributed by atoms with Gasteiger partial charge in [-0.3, -0.25) is 9.59 Å². The summed E-state index contributed by atoms with van der Waals surface area (Å²) in [5.74, 6) is 1.36. The van der Waals surface area contributed by atoms with E-state index in [4.69, 9.17) is 14.6 Å². The van der Waals surface area contributed by atoms with Gasteiger partial charge in [0.15, 0.2) is 11.5 Å². The third-order valence-electron chi connectivity index (χ3n) is 5.82. The van der Waals surface area contributed by atoms with Crippen LogP contribution in [0.2, 0.25) is 0 Å². The Balaban J connectivity index is 1.58. The molecule has 8 nitrogen and oxygen atoms in total. The molecule has 36 heavy (non-hydrogen) atoms. The number of rotatable bonds is 7. The first kappa shape index (κ1) is 25.3. The van der Waals surface area contributed by atoms with Crippen molar-refractivity contribution in [1.29, 1.82) is 0 Å². The lowest BCUT2D eigenvalue weighted by atomic mass is 9.92. The van der Waals surface area contributed by atoms with Crippen LogP contribution in [0, 0.1) is 12.8 Å². The lowest BCUT2D eigenvalue weighted by Gasteiger charge is -2.24. The molecule has 2 heterocycles. The number of hydrogen-bond acceptors (Lipinski definition) is 5. The molecule has 0 atom stereocenters. The van der Waals surface area contributed by atoms with E-state index in [9.17, 15) is 9.59 Å². The van der Waals surface area contributed by atoms with Crippen molar-refractivity contribution in [3.05, 3.63) is 65.4 Å². The predicted octanol–water partition coefficient (Wildman–Crippen LogP) is 4.94. The summed E-state index contributed by atoms with van der Waals surface area (Å²) < 4.78 is 12.5. The number of carbonyl (C=O) groups is 2.